The predicted octanol–water partition coefficient (Wildman–Crippen LogP) is 3.67. The molecule has 5 heteroatoms. The van der Waals surface area contributed by atoms with Crippen LogP contribution < -0.4 is 0 Å². The Morgan fingerprint density at radius 2 is 2.08 bits per heavy atom. The SMILES string of the molecule is O=C(/C=C/c1cnn(-c2ccccc2)c1)N(Cc1ccco1)C1CC1. The molecule has 2 aromatic heterocycles. The lowest BCUT2D eigenvalue weighted by molar-refractivity contribution is -0.127. The molecule has 0 unspecified atom stereocenters. The standard InChI is InChI=1S/C20H19N3O2/c24-20(22(17-9-10-17)15-19-7-4-12-25-19)11-8-16-13-21-23(14-16)18-5-2-1-3-6-18/h1-8,11-14,17H,9-10,15H2/b11-8+. The molecule has 3 aromatic rings. The van der Waals surface area contributed by atoms with Crippen molar-refractivity contribution in [1.82, 2.24) is 14.7 Å². The third-order valence-electron chi connectivity index (χ3n) is 4.22. The van der Waals surface area contributed by atoms with E-state index in [1.807, 2.05) is 59.6 Å². The van der Waals surface area contributed by atoms with E-state index in [1.54, 1.807) is 23.2 Å². The maximum absolute atomic E-state index is 12.6. The number of hydrogen-bond donors (Lipinski definition) is 0. The molecule has 4 rings (SSSR count). The average molecular weight is 333 g/mol. The molecule has 2 heterocycles. The Kier molecular flexibility index (Phi) is 4.21. The normalized spacial score (nSPS) is 14.1. The number of aromatic nitrogens is 2. The Morgan fingerprint density at radius 1 is 1.24 bits per heavy atom. The Balaban J connectivity index is 1.45. The summed E-state index contributed by atoms with van der Waals surface area (Å²) in [7, 11) is 0. The fourth-order valence-corrected chi connectivity index (χ4v) is 2.75. The van der Waals surface area contributed by atoms with Crippen molar-refractivity contribution in [1.29, 1.82) is 0 Å². The van der Waals surface area contributed by atoms with Crippen LogP contribution in [0.2, 0.25) is 0 Å². The van der Waals surface area contributed by atoms with Crippen LogP contribution >= 0.6 is 0 Å². The molecule has 1 aliphatic carbocycles. The van der Waals surface area contributed by atoms with E-state index < -0.39 is 0 Å². The number of amides is 1. The van der Waals surface area contributed by atoms with Crippen molar-refractivity contribution >= 4 is 12.0 Å². The first kappa shape index (κ1) is 15.4. The Bertz CT molecular complexity index is 862. The highest BCUT2D eigenvalue weighted by Gasteiger charge is 2.32. The van der Waals surface area contributed by atoms with Crippen molar-refractivity contribution < 1.29 is 9.21 Å². The van der Waals surface area contributed by atoms with Gasteiger partial charge in [-0.2, -0.15) is 5.10 Å². The number of carbonyl (C=O) groups excluding carboxylic acids is 1. The van der Waals surface area contributed by atoms with Crippen molar-refractivity contribution in [3.63, 3.8) is 0 Å². The van der Waals surface area contributed by atoms with Gasteiger partial charge in [-0.1, -0.05) is 18.2 Å². The van der Waals surface area contributed by atoms with Crippen LogP contribution in [0.5, 0.6) is 0 Å². The van der Waals surface area contributed by atoms with E-state index in [1.165, 1.54) is 0 Å². The maximum atomic E-state index is 12.6. The summed E-state index contributed by atoms with van der Waals surface area (Å²) in [5.41, 5.74) is 1.89. The van der Waals surface area contributed by atoms with Crippen molar-refractivity contribution in [3.05, 3.63) is 78.5 Å². The van der Waals surface area contributed by atoms with Crippen LogP contribution in [0.4, 0.5) is 0 Å². The summed E-state index contributed by atoms with van der Waals surface area (Å²) in [6.45, 7) is 0.518. The molecular weight excluding hydrogens is 314 g/mol. The summed E-state index contributed by atoms with van der Waals surface area (Å²) in [5.74, 6) is 0.817. The second-order valence-electron chi connectivity index (χ2n) is 6.16. The third kappa shape index (κ3) is 3.71. The smallest absolute Gasteiger partial charge is 0.247 e. The molecule has 0 spiro atoms. The first-order valence-corrected chi connectivity index (χ1v) is 8.41. The minimum absolute atomic E-state index is 0.00589. The monoisotopic (exact) mass is 333 g/mol. The maximum Gasteiger partial charge on any atom is 0.247 e. The number of furan rings is 1. The Labute approximate surface area is 146 Å². The fraction of sp³-hybridized carbons (Fsp3) is 0.200. The van der Waals surface area contributed by atoms with Gasteiger partial charge in [0.2, 0.25) is 5.91 Å². The van der Waals surface area contributed by atoms with Crippen molar-refractivity contribution in [2.45, 2.75) is 25.4 Å². The molecule has 126 valence electrons. The molecule has 1 aliphatic rings. The van der Waals surface area contributed by atoms with Gasteiger partial charge in [0, 0.05) is 23.9 Å². The molecule has 0 N–H and O–H groups in total. The van der Waals surface area contributed by atoms with Gasteiger partial charge in [0.25, 0.3) is 0 Å². The van der Waals surface area contributed by atoms with Crippen LogP contribution in [0.25, 0.3) is 11.8 Å². The van der Waals surface area contributed by atoms with Crippen LogP contribution in [0, 0.1) is 0 Å². The van der Waals surface area contributed by atoms with E-state index in [0.29, 0.717) is 12.6 Å². The number of hydrogen-bond acceptors (Lipinski definition) is 3. The third-order valence-corrected chi connectivity index (χ3v) is 4.22. The van der Waals surface area contributed by atoms with Crippen LogP contribution in [0.15, 0.2) is 71.6 Å². The molecule has 1 aromatic carbocycles. The summed E-state index contributed by atoms with van der Waals surface area (Å²) < 4.78 is 7.17. The minimum atomic E-state index is 0.00589. The molecule has 5 nitrogen and oxygen atoms in total. The number of benzene rings is 1. The lowest BCUT2D eigenvalue weighted by Crippen LogP contribution is -2.30. The van der Waals surface area contributed by atoms with E-state index in [0.717, 1.165) is 29.9 Å². The number of nitrogens with zero attached hydrogens (tertiary/aromatic N) is 3. The Hall–Kier alpha value is -3.08. The second-order valence-corrected chi connectivity index (χ2v) is 6.16. The molecule has 1 saturated carbocycles. The van der Waals surface area contributed by atoms with Crippen LogP contribution in [0.3, 0.4) is 0 Å². The van der Waals surface area contributed by atoms with Crippen LogP contribution in [-0.2, 0) is 11.3 Å². The molecule has 0 atom stereocenters. The summed E-state index contributed by atoms with van der Waals surface area (Å²) >= 11 is 0. The zero-order valence-electron chi connectivity index (χ0n) is 13.8. The molecule has 0 saturated heterocycles. The van der Waals surface area contributed by atoms with Gasteiger partial charge in [0.05, 0.1) is 24.7 Å². The second kappa shape index (κ2) is 6.81. The van der Waals surface area contributed by atoms with Gasteiger partial charge in [0.1, 0.15) is 5.76 Å². The van der Waals surface area contributed by atoms with Gasteiger partial charge in [0.15, 0.2) is 0 Å². The van der Waals surface area contributed by atoms with E-state index >= 15 is 0 Å². The highest BCUT2D eigenvalue weighted by molar-refractivity contribution is 5.92. The summed E-state index contributed by atoms with van der Waals surface area (Å²) in [5, 5.41) is 4.34. The van der Waals surface area contributed by atoms with E-state index in [4.69, 9.17) is 4.42 Å². The first-order valence-electron chi connectivity index (χ1n) is 8.41. The lowest BCUT2D eigenvalue weighted by Gasteiger charge is -2.19. The van der Waals surface area contributed by atoms with E-state index in [-0.39, 0.29) is 5.91 Å². The highest BCUT2D eigenvalue weighted by Crippen LogP contribution is 2.28. The topological polar surface area (TPSA) is 51.3 Å². The van der Waals surface area contributed by atoms with Gasteiger partial charge < -0.3 is 9.32 Å². The molecule has 0 bridgehead atoms. The van der Waals surface area contributed by atoms with Crippen LogP contribution in [-0.4, -0.2) is 26.6 Å². The molecular formula is C20H19N3O2. The quantitative estimate of drug-likeness (QED) is 0.647. The zero-order chi connectivity index (χ0) is 17.1. The van der Waals surface area contributed by atoms with Crippen LogP contribution in [0.1, 0.15) is 24.2 Å². The van der Waals surface area contributed by atoms with Gasteiger partial charge >= 0.3 is 0 Å². The number of para-hydroxylation sites is 1. The van der Waals surface area contributed by atoms with Gasteiger partial charge in [-0.25, -0.2) is 4.68 Å². The summed E-state index contributed by atoms with van der Waals surface area (Å²) in [6.07, 6.45) is 10.9. The lowest BCUT2D eigenvalue weighted by atomic mass is 10.3. The average Bonchev–Trinajstić information content (AvgIpc) is 3.16. The largest absolute Gasteiger partial charge is 0.467 e. The minimum Gasteiger partial charge on any atom is -0.467 e. The first-order chi connectivity index (χ1) is 12.3. The van der Waals surface area contributed by atoms with Gasteiger partial charge in [-0.3, -0.25) is 4.79 Å². The van der Waals surface area contributed by atoms with Gasteiger partial charge in [-0.05, 0) is 43.2 Å². The molecule has 1 fully saturated rings. The Morgan fingerprint density at radius 3 is 2.80 bits per heavy atom. The highest BCUT2D eigenvalue weighted by atomic mass is 16.3. The van der Waals surface area contributed by atoms with Crippen molar-refractivity contribution in [2.24, 2.45) is 0 Å². The predicted molar refractivity (Wildman–Crippen MR) is 94.9 cm³/mol. The van der Waals surface area contributed by atoms with E-state index in [2.05, 4.69) is 5.10 Å². The molecule has 0 radical (unpaired) electrons. The van der Waals surface area contributed by atoms with Crippen molar-refractivity contribution in [2.75, 3.05) is 0 Å². The van der Waals surface area contributed by atoms with Crippen molar-refractivity contribution in [3.8, 4) is 5.69 Å². The summed E-state index contributed by atoms with van der Waals surface area (Å²) in [6, 6.07) is 14.0. The molecule has 25 heavy (non-hydrogen) atoms. The fourth-order valence-electron chi connectivity index (χ4n) is 2.75. The number of carbonyl (C=O) groups is 1. The zero-order valence-corrected chi connectivity index (χ0v) is 13.8. The number of rotatable bonds is 6. The molecule has 1 amide bonds. The molecule has 0 aliphatic heterocycles. The van der Waals surface area contributed by atoms with E-state index in [9.17, 15) is 4.79 Å². The van der Waals surface area contributed by atoms with Gasteiger partial charge in [-0.15, -0.1) is 0 Å². The summed E-state index contributed by atoms with van der Waals surface area (Å²) in [4.78, 5) is 14.4.